The minimum absolute atomic E-state index is 0.0320. The first-order valence-corrected chi connectivity index (χ1v) is 7.72. The molecule has 1 saturated carbocycles. The highest BCUT2D eigenvalue weighted by Crippen LogP contribution is 2.26. The van der Waals surface area contributed by atoms with E-state index in [0.717, 1.165) is 25.7 Å². The highest BCUT2D eigenvalue weighted by molar-refractivity contribution is 5.89. The maximum Gasteiger partial charge on any atom is 0.308 e. The lowest BCUT2D eigenvalue weighted by Gasteiger charge is -2.22. The van der Waals surface area contributed by atoms with Crippen molar-refractivity contribution in [2.45, 2.75) is 45.6 Å². The Balaban J connectivity index is 1.88. The molecule has 0 bridgehead atoms. The Morgan fingerprint density at radius 1 is 1.19 bits per heavy atom. The van der Waals surface area contributed by atoms with Gasteiger partial charge in [-0.3, -0.25) is 14.4 Å². The van der Waals surface area contributed by atoms with E-state index in [4.69, 9.17) is 5.11 Å². The van der Waals surface area contributed by atoms with E-state index in [1.54, 1.807) is 11.8 Å². The van der Waals surface area contributed by atoms with E-state index >= 15 is 0 Å². The van der Waals surface area contributed by atoms with Crippen LogP contribution in [0.2, 0.25) is 0 Å². The second kappa shape index (κ2) is 6.45. The van der Waals surface area contributed by atoms with Gasteiger partial charge in [-0.25, -0.2) is 0 Å². The molecular formula is C15H24N2O4. The van der Waals surface area contributed by atoms with Crippen LogP contribution < -0.4 is 5.32 Å². The number of carbonyl (C=O) groups excluding carboxylic acids is 2. The number of nitrogens with zero attached hydrogens (tertiary/aromatic N) is 1. The maximum absolute atomic E-state index is 12.3. The van der Waals surface area contributed by atoms with Gasteiger partial charge < -0.3 is 15.3 Å². The summed E-state index contributed by atoms with van der Waals surface area (Å²) in [6.07, 6.45) is 3.94. The fourth-order valence-corrected chi connectivity index (χ4v) is 3.32. The number of hydrogen-bond donors (Lipinski definition) is 2. The van der Waals surface area contributed by atoms with E-state index < -0.39 is 17.9 Å². The van der Waals surface area contributed by atoms with Gasteiger partial charge in [0.15, 0.2) is 0 Å². The topological polar surface area (TPSA) is 86.7 Å². The van der Waals surface area contributed by atoms with Gasteiger partial charge in [-0.1, -0.05) is 19.8 Å². The van der Waals surface area contributed by atoms with Crippen LogP contribution in [0.3, 0.4) is 0 Å². The Bertz CT molecular complexity index is 431. The fraction of sp³-hybridized carbons (Fsp3) is 0.800. The van der Waals surface area contributed by atoms with Crippen molar-refractivity contribution in [3.05, 3.63) is 0 Å². The molecule has 0 aromatic heterocycles. The highest BCUT2D eigenvalue weighted by atomic mass is 16.4. The molecule has 3 atom stereocenters. The first-order valence-electron chi connectivity index (χ1n) is 7.72. The van der Waals surface area contributed by atoms with Crippen molar-refractivity contribution >= 4 is 17.8 Å². The predicted octanol–water partition coefficient (Wildman–Crippen LogP) is 0.860. The molecule has 1 aliphatic carbocycles. The molecule has 1 heterocycles. The molecule has 0 aromatic rings. The number of carboxylic acids is 1. The van der Waals surface area contributed by atoms with E-state index in [-0.39, 0.29) is 30.2 Å². The van der Waals surface area contributed by atoms with Crippen molar-refractivity contribution in [3.8, 4) is 0 Å². The summed E-state index contributed by atoms with van der Waals surface area (Å²) in [5.41, 5.74) is 0. The molecule has 0 spiro atoms. The van der Waals surface area contributed by atoms with Crippen molar-refractivity contribution < 1.29 is 19.5 Å². The number of amides is 2. The van der Waals surface area contributed by atoms with Crippen LogP contribution in [0.4, 0.5) is 0 Å². The van der Waals surface area contributed by atoms with Gasteiger partial charge in [-0.05, 0) is 25.7 Å². The van der Waals surface area contributed by atoms with Crippen LogP contribution in [-0.2, 0) is 14.4 Å². The molecule has 21 heavy (non-hydrogen) atoms. The van der Waals surface area contributed by atoms with E-state index in [1.807, 2.05) is 6.92 Å². The van der Waals surface area contributed by atoms with Crippen molar-refractivity contribution in [1.82, 2.24) is 10.2 Å². The quantitative estimate of drug-likeness (QED) is 0.805. The van der Waals surface area contributed by atoms with E-state index in [2.05, 4.69) is 5.32 Å². The summed E-state index contributed by atoms with van der Waals surface area (Å²) in [6, 6.07) is -0.585. The van der Waals surface area contributed by atoms with Gasteiger partial charge in [0.25, 0.3) is 0 Å². The van der Waals surface area contributed by atoms with Crippen molar-refractivity contribution in [1.29, 1.82) is 0 Å². The van der Waals surface area contributed by atoms with Crippen molar-refractivity contribution in [2.75, 3.05) is 13.1 Å². The predicted molar refractivity (Wildman–Crippen MR) is 76.4 cm³/mol. The lowest BCUT2D eigenvalue weighted by molar-refractivity contribution is -0.142. The SMILES string of the molecule is CC(NC(=O)C1CCCC1)C(=O)N1C[C@@H](C)[C@H](C(=O)O)C1. The standard InChI is InChI=1S/C15H24N2O4/c1-9-7-17(8-12(9)15(20)21)14(19)10(2)16-13(18)11-5-3-4-6-11/h9-12H,3-8H2,1-2H3,(H,16,18)(H,20,21)/t9-,10?,12-/m1/s1. The molecule has 1 unspecified atom stereocenters. The zero-order chi connectivity index (χ0) is 15.6. The molecule has 1 saturated heterocycles. The Morgan fingerprint density at radius 2 is 1.81 bits per heavy atom. The van der Waals surface area contributed by atoms with Crippen molar-refractivity contribution in [3.63, 3.8) is 0 Å². The van der Waals surface area contributed by atoms with Gasteiger partial charge in [-0.2, -0.15) is 0 Å². The van der Waals surface area contributed by atoms with Gasteiger partial charge in [0.05, 0.1) is 5.92 Å². The van der Waals surface area contributed by atoms with Crippen LogP contribution in [0, 0.1) is 17.8 Å². The third kappa shape index (κ3) is 3.54. The summed E-state index contributed by atoms with van der Waals surface area (Å²) in [6.45, 7) is 4.19. The smallest absolute Gasteiger partial charge is 0.308 e. The molecule has 2 fully saturated rings. The number of nitrogens with one attached hydrogen (secondary N) is 1. The first kappa shape index (κ1) is 15.8. The molecular weight excluding hydrogens is 272 g/mol. The van der Waals surface area contributed by atoms with Crippen LogP contribution in [-0.4, -0.2) is 46.9 Å². The van der Waals surface area contributed by atoms with Gasteiger partial charge in [0.2, 0.25) is 11.8 Å². The lowest BCUT2D eigenvalue weighted by Crippen LogP contribution is -2.47. The minimum atomic E-state index is -0.861. The summed E-state index contributed by atoms with van der Waals surface area (Å²) in [5.74, 6) is -1.62. The average Bonchev–Trinajstić information content (AvgIpc) is 3.06. The lowest BCUT2D eigenvalue weighted by atomic mass is 9.99. The summed E-state index contributed by atoms with van der Waals surface area (Å²) in [7, 11) is 0. The second-order valence-corrected chi connectivity index (χ2v) is 6.38. The second-order valence-electron chi connectivity index (χ2n) is 6.38. The summed E-state index contributed by atoms with van der Waals surface area (Å²) >= 11 is 0. The summed E-state index contributed by atoms with van der Waals surface area (Å²) < 4.78 is 0. The van der Waals surface area contributed by atoms with E-state index in [1.165, 1.54) is 0 Å². The van der Waals surface area contributed by atoms with E-state index in [9.17, 15) is 14.4 Å². The van der Waals surface area contributed by atoms with Gasteiger partial charge in [0, 0.05) is 19.0 Å². The molecule has 6 nitrogen and oxygen atoms in total. The zero-order valence-corrected chi connectivity index (χ0v) is 12.7. The molecule has 6 heteroatoms. The number of aliphatic carboxylic acids is 1. The summed E-state index contributed by atoms with van der Waals surface area (Å²) in [4.78, 5) is 37.0. The largest absolute Gasteiger partial charge is 0.481 e. The Labute approximate surface area is 124 Å². The third-order valence-corrected chi connectivity index (χ3v) is 4.70. The maximum atomic E-state index is 12.3. The zero-order valence-electron chi connectivity index (χ0n) is 12.7. The molecule has 1 aliphatic heterocycles. The Kier molecular flexibility index (Phi) is 4.85. The third-order valence-electron chi connectivity index (χ3n) is 4.70. The van der Waals surface area contributed by atoms with Crippen LogP contribution in [0.15, 0.2) is 0 Å². The number of hydrogen-bond acceptors (Lipinski definition) is 3. The van der Waals surface area contributed by atoms with Crippen LogP contribution >= 0.6 is 0 Å². The van der Waals surface area contributed by atoms with Crippen LogP contribution in [0.5, 0.6) is 0 Å². The Hall–Kier alpha value is -1.59. The van der Waals surface area contributed by atoms with Gasteiger partial charge in [-0.15, -0.1) is 0 Å². The number of likely N-dealkylation sites (tertiary alicyclic amines) is 1. The van der Waals surface area contributed by atoms with Crippen LogP contribution in [0.1, 0.15) is 39.5 Å². The summed E-state index contributed by atoms with van der Waals surface area (Å²) in [5, 5.41) is 11.9. The molecule has 2 amide bonds. The molecule has 2 rings (SSSR count). The molecule has 0 radical (unpaired) electrons. The normalized spacial score (nSPS) is 27.6. The van der Waals surface area contributed by atoms with Crippen molar-refractivity contribution in [2.24, 2.45) is 17.8 Å². The van der Waals surface area contributed by atoms with Crippen LogP contribution in [0.25, 0.3) is 0 Å². The van der Waals surface area contributed by atoms with Gasteiger partial charge >= 0.3 is 5.97 Å². The number of carbonyl (C=O) groups is 3. The minimum Gasteiger partial charge on any atom is -0.481 e. The first-order chi connectivity index (χ1) is 9.90. The van der Waals surface area contributed by atoms with E-state index in [0.29, 0.717) is 6.54 Å². The fourth-order valence-electron chi connectivity index (χ4n) is 3.32. The molecule has 2 N–H and O–H groups in total. The molecule has 2 aliphatic rings. The number of rotatable bonds is 4. The van der Waals surface area contributed by atoms with Gasteiger partial charge in [0.1, 0.15) is 6.04 Å². The number of carboxylic acid groups (broad SMARTS) is 1. The Morgan fingerprint density at radius 3 is 2.33 bits per heavy atom. The molecule has 118 valence electrons. The monoisotopic (exact) mass is 296 g/mol. The highest BCUT2D eigenvalue weighted by Gasteiger charge is 2.38. The molecule has 0 aromatic carbocycles. The average molecular weight is 296 g/mol.